The van der Waals surface area contributed by atoms with Crippen LogP contribution in [-0.4, -0.2) is 19.4 Å². The lowest BCUT2D eigenvalue weighted by Crippen LogP contribution is -2.47. The van der Waals surface area contributed by atoms with Crippen LogP contribution in [-0.2, 0) is 9.84 Å². The third kappa shape index (κ3) is 2.05. The average molecular weight is 256 g/mol. The van der Waals surface area contributed by atoms with Crippen LogP contribution in [0.1, 0.15) is 46.0 Å². The van der Waals surface area contributed by atoms with Gasteiger partial charge < -0.3 is 0 Å². The Labute approximate surface area is 105 Å². The summed E-state index contributed by atoms with van der Waals surface area (Å²) < 4.78 is 24.2. The zero-order valence-corrected chi connectivity index (χ0v) is 11.7. The molecule has 0 aromatic rings. The highest BCUT2D eigenvalue weighted by Crippen LogP contribution is 2.56. The van der Waals surface area contributed by atoms with E-state index in [4.69, 9.17) is 0 Å². The van der Waals surface area contributed by atoms with Crippen LogP contribution in [0.4, 0.5) is 0 Å². The molecule has 0 amide bonds. The zero-order valence-electron chi connectivity index (χ0n) is 10.9. The fourth-order valence-corrected chi connectivity index (χ4v) is 6.24. The molecular formula is C14H24O2S. The molecule has 98 valence electrons. The largest absolute Gasteiger partial charge is 0.229 e. The first-order valence-electron chi connectivity index (χ1n) is 7.17. The van der Waals surface area contributed by atoms with Gasteiger partial charge in [0.15, 0.2) is 9.84 Å². The first-order valence-corrected chi connectivity index (χ1v) is 8.89. The van der Waals surface area contributed by atoms with E-state index in [2.05, 4.69) is 0 Å². The van der Waals surface area contributed by atoms with Crippen LogP contribution in [0.5, 0.6) is 0 Å². The fraction of sp³-hybridized carbons (Fsp3) is 1.00. The van der Waals surface area contributed by atoms with Gasteiger partial charge in [-0.2, -0.15) is 0 Å². The molecule has 0 saturated heterocycles. The van der Waals surface area contributed by atoms with Gasteiger partial charge in [0.05, 0.1) is 11.0 Å². The summed E-state index contributed by atoms with van der Waals surface area (Å²) in [5, 5.41) is -0.195. The first kappa shape index (κ1) is 12.0. The zero-order chi connectivity index (χ0) is 12.2. The molecule has 0 heterocycles. The van der Waals surface area contributed by atoms with Crippen molar-refractivity contribution < 1.29 is 8.42 Å². The van der Waals surface area contributed by atoms with Crippen molar-refractivity contribution in [2.24, 2.45) is 29.6 Å². The maximum absolute atomic E-state index is 12.1. The van der Waals surface area contributed by atoms with E-state index in [0.29, 0.717) is 11.7 Å². The Morgan fingerprint density at radius 1 is 0.941 bits per heavy atom. The third-order valence-electron chi connectivity index (χ3n) is 5.56. The number of rotatable bonds is 3. The Morgan fingerprint density at radius 2 is 1.41 bits per heavy atom. The van der Waals surface area contributed by atoms with Crippen molar-refractivity contribution in [1.29, 1.82) is 0 Å². The molecule has 0 unspecified atom stereocenters. The summed E-state index contributed by atoms with van der Waals surface area (Å²) in [5.74, 6) is 4.32. The minimum Gasteiger partial charge on any atom is -0.229 e. The average Bonchev–Trinajstić information content (AvgIpc) is 2.22. The lowest BCUT2D eigenvalue weighted by Gasteiger charge is -2.54. The molecule has 0 spiro atoms. The molecule has 4 fully saturated rings. The number of hydrogen-bond donors (Lipinski definition) is 0. The molecule has 4 saturated carbocycles. The Hall–Kier alpha value is -0.0500. The molecule has 4 aliphatic carbocycles. The predicted molar refractivity (Wildman–Crippen MR) is 69.5 cm³/mol. The van der Waals surface area contributed by atoms with Gasteiger partial charge in [-0.3, -0.25) is 0 Å². The highest BCUT2D eigenvalue weighted by molar-refractivity contribution is 7.91. The van der Waals surface area contributed by atoms with E-state index in [-0.39, 0.29) is 5.25 Å². The van der Waals surface area contributed by atoms with E-state index in [9.17, 15) is 8.42 Å². The summed E-state index contributed by atoms with van der Waals surface area (Å²) in [7, 11) is -2.84. The smallest absolute Gasteiger partial charge is 0.152 e. The molecule has 3 heteroatoms. The van der Waals surface area contributed by atoms with Crippen LogP contribution in [0.2, 0.25) is 0 Å². The Balaban J connectivity index is 1.77. The molecule has 17 heavy (non-hydrogen) atoms. The number of hydrogen-bond acceptors (Lipinski definition) is 2. The minimum atomic E-state index is -2.84. The molecule has 0 atom stereocenters. The maximum Gasteiger partial charge on any atom is 0.152 e. The normalized spacial score (nSPS) is 44.5. The lowest BCUT2D eigenvalue weighted by molar-refractivity contribution is -0.0268. The summed E-state index contributed by atoms with van der Waals surface area (Å²) >= 11 is 0. The van der Waals surface area contributed by atoms with Gasteiger partial charge >= 0.3 is 0 Å². The molecular weight excluding hydrogens is 232 g/mol. The Bertz CT molecular complexity index is 368. The molecule has 0 radical (unpaired) electrons. The SMILES string of the molecule is CC(C)S(=O)(=O)CC1C2CC3CC(C2)CC1C3. The van der Waals surface area contributed by atoms with Gasteiger partial charge in [0.1, 0.15) is 0 Å². The second-order valence-electron chi connectivity index (χ2n) is 6.97. The van der Waals surface area contributed by atoms with Crippen LogP contribution < -0.4 is 0 Å². The second-order valence-corrected chi connectivity index (χ2v) is 9.57. The molecule has 4 aliphatic rings. The van der Waals surface area contributed by atoms with Gasteiger partial charge in [-0.1, -0.05) is 0 Å². The van der Waals surface area contributed by atoms with Crippen molar-refractivity contribution in [1.82, 2.24) is 0 Å². The van der Waals surface area contributed by atoms with Crippen molar-refractivity contribution in [3.05, 3.63) is 0 Å². The first-order chi connectivity index (χ1) is 7.95. The highest BCUT2D eigenvalue weighted by Gasteiger charge is 2.49. The molecule has 0 aliphatic heterocycles. The highest BCUT2D eigenvalue weighted by atomic mass is 32.2. The summed E-state index contributed by atoms with van der Waals surface area (Å²) in [6, 6.07) is 0. The van der Waals surface area contributed by atoms with Gasteiger partial charge in [0, 0.05) is 0 Å². The topological polar surface area (TPSA) is 34.1 Å². The molecule has 0 N–H and O–H groups in total. The van der Waals surface area contributed by atoms with Crippen LogP contribution in [0.15, 0.2) is 0 Å². The van der Waals surface area contributed by atoms with Gasteiger partial charge in [0.25, 0.3) is 0 Å². The van der Waals surface area contributed by atoms with Crippen LogP contribution in [0, 0.1) is 29.6 Å². The second kappa shape index (κ2) is 3.97. The van der Waals surface area contributed by atoms with E-state index in [1.165, 1.54) is 32.1 Å². The third-order valence-corrected chi connectivity index (χ3v) is 7.85. The van der Waals surface area contributed by atoms with E-state index < -0.39 is 9.84 Å². The number of sulfone groups is 1. The van der Waals surface area contributed by atoms with E-state index in [0.717, 1.165) is 23.7 Å². The summed E-state index contributed by atoms with van der Waals surface area (Å²) in [4.78, 5) is 0. The molecule has 4 rings (SSSR count). The molecule has 2 nitrogen and oxygen atoms in total. The monoisotopic (exact) mass is 256 g/mol. The van der Waals surface area contributed by atoms with Gasteiger partial charge in [0.2, 0.25) is 0 Å². The quantitative estimate of drug-likeness (QED) is 0.778. The summed E-state index contributed by atoms with van der Waals surface area (Å²) in [6.45, 7) is 3.65. The van der Waals surface area contributed by atoms with Gasteiger partial charge in [-0.25, -0.2) is 8.42 Å². The Kier molecular flexibility index (Phi) is 2.81. The van der Waals surface area contributed by atoms with E-state index >= 15 is 0 Å². The van der Waals surface area contributed by atoms with E-state index in [1.54, 1.807) is 0 Å². The standard InChI is InChI=1S/C14H24O2S/c1-9(2)17(15,16)8-14-12-4-10-3-11(6-12)7-13(14)5-10/h9-14H,3-8H2,1-2H3. The van der Waals surface area contributed by atoms with Crippen LogP contribution >= 0.6 is 0 Å². The Morgan fingerprint density at radius 3 is 1.82 bits per heavy atom. The maximum atomic E-state index is 12.1. The fourth-order valence-electron chi connectivity index (χ4n) is 4.77. The molecule has 0 aromatic heterocycles. The van der Waals surface area contributed by atoms with Crippen molar-refractivity contribution in [3.63, 3.8) is 0 Å². The van der Waals surface area contributed by atoms with Crippen molar-refractivity contribution in [2.75, 3.05) is 5.75 Å². The summed E-state index contributed by atoms with van der Waals surface area (Å²) in [5.41, 5.74) is 0. The molecule has 4 bridgehead atoms. The molecule has 0 aromatic carbocycles. The lowest BCUT2D eigenvalue weighted by atomic mass is 9.52. The van der Waals surface area contributed by atoms with Gasteiger partial charge in [-0.15, -0.1) is 0 Å². The van der Waals surface area contributed by atoms with Crippen LogP contribution in [0.25, 0.3) is 0 Å². The van der Waals surface area contributed by atoms with Crippen molar-refractivity contribution in [3.8, 4) is 0 Å². The van der Waals surface area contributed by atoms with Crippen molar-refractivity contribution in [2.45, 2.75) is 51.2 Å². The van der Waals surface area contributed by atoms with Crippen molar-refractivity contribution >= 4 is 9.84 Å². The van der Waals surface area contributed by atoms with Crippen LogP contribution in [0.3, 0.4) is 0 Å². The van der Waals surface area contributed by atoms with E-state index in [1.807, 2.05) is 13.8 Å². The van der Waals surface area contributed by atoms with Gasteiger partial charge in [-0.05, 0) is 75.5 Å². The predicted octanol–water partition coefficient (Wildman–Crippen LogP) is 2.88. The summed E-state index contributed by atoms with van der Waals surface area (Å²) in [6.07, 6.45) is 6.74. The minimum absolute atomic E-state index is 0.195.